The van der Waals surface area contributed by atoms with Gasteiger partial charge in [0.15, 0.2) is 0 Å². The van der Waals surface area contributed by atoms with E-state index in [4.69, 9.17) is 4.74 Å². The smallest absolute Gasteiger partial charge is 0.407 e. The highest BCUT2D eigenvalue weighted by atomic mass is 16.5. The number of carbonyl (C=O) groups is 5. The Kier molecular flexibility index (Phi) is 17.6. The van der Waals surface area contributed by atoms with Crippen LogP contribution in [0.4, 0.5) is 4.79 Å². The summed E-state index contributed by atoms with van der Waals surface area (Å²) in [7, 11) is 0. The van der Waals surface area contributed by atoms with Gasteiger partial charge in [-0.05, 0) is 37.2 Å². The van der Waals surface area contributed by atoms with Crippen LogP contribution >= 0.6 is 0 Å². The van der Waals surface area contributed by atoms with Crippen molar-refractivity contribution in [2.75, 3.05) is 13.1 Å². The quantitative estimate of drug-likeness (QED) is 0.178. The van der Waals surface area contributed by atoms with Gasteiger partial charge < -0.3 is 31.3 Å². The van der Waals surface area contributed by atoms with E-state index in [0.29, 0.717) is 32.2 Å². The standard InChI is InChI=1S/C33H53N5O6/c1-4-5-6-7-8-9-13-18-26-21-28(39)35-22-29(40)37-27(31(41)38-30(24(2)3)32(42)36-26)19-14-15-20-34-33(43)44-23-25-16-11-10-12-17-25/h10-12,16-17,24,26-27,30H,4-9,13-15,18-23H2,1-3H3,(H,34,43)(H,35,39)(H,36,42)(H,37,40)(H,38,41)/t26-,27+,30+/m1/s1. The molecule has 1 saturated heterocycles. The Bertz CT molecular complexity index is 1030. The minimum absolute atomic E-state index is 0.0673. The van der Waals surface area contributed by atoms with Crippen molar-refractivity contribution in [1.29, 1.82) is 0 Å². The van der Waals surface area contributed by atoms with Gasteiger partial charge in [0.2, 0.25) is 23.6 Å². The van der Waals surface area contributed by atoms with E-state index in [0.717, 1.165) is 24.8 Å². The molecule has 246 valence electrons. The van der Waals surface area contributed by atoms with Crippen molar-refractivity contribution >= 4 is 29.7 Å². The Hall–Kier alpha value is -3.63. The minimum Gasteiger partial charge on any atom is -0.445 e. The van der Waals surface area contributed by atoms with Crippen LogP contribution in [0.1, 0.15) is 103 Å². The van der Waals surface area contributed by atoms with Crippen molar-refractivity contribution in [3.05, 3.63) is 35.9 Å². The van der Waals surface area contributed by atoms with Crippen LogP contribution in [0.3, 0.4) is 0 Å². The third-order valence-corrected chi connectivity index (χ3v) is 7.68. The molecule has 1 aromatic carbocycles. The van der Waals surface area contributed by atoms with E-state index in [1.54, 1.807) is 0 Å². The van der Waals surface area contributed by atoms with Crippen molar-refractivity contribution in [3.8, 4) is 0 Å². The van der Waals surface area contributed by atoms with Gasteiger partial charge >= 0.3 is 6.09 Å². The van der Waals surface area contributed by atoms with E-state index in [2.05, 4.69) is 33.5 Å². The topological polar surface area (TPSA) is 155 Å². The SMILES string of the molecule is CCCCCCCCC[C@@H]1CC(=O)NCC(=O)N[C@@H](CCCCNC(=O)OCc2ccccc2)C(=O)N[C@@H](C(C)C)C(=O)N1. The zero-order valence-corrected chi connectivity index (χ0v) is 26.8. The van der Waals surface area contributed by atoms with Gasteiger partial charge in [-0.3, -0.25) is 19.2 Å². The molecule has 1 aliphatic heterocycles. The predicted molar refractivity (Wildman–Crippen MR) is 169 cm³/mol. The zero-order chi connectivity index (χ0) is 32.2. The van der Waals surface area contributed by atoms with Crippen molar-refractivity contribution in [2.24, 2.45) is 5.92 Å². The first kappa shape index (κ1) is 36.6. The van der Waals surface area contributed by atoms with Gasteiger partial charge in [0.25, 0.3) is 0 Å². The van der Waals surface area contributed by atoms with Crippen LogP contribution in [-0.4, -0.2) is 60.9 Å². The first-order chi connectivity index (χ1) is 21.2. The first-order valence-electron chi connectivity index (χ1n) is 16.3. The van der Waals surface area contributed by atoms with Gasteiger partial charge in [-0.15, -0.1) is 0 Å². The van der Waals surface area contributed by atoms with Crippen molar-refractivity contribution < 1.29 is 28.7 Å². The Morgan fingerprint density at radius 3 is 2.23 bits per heavy atom. The molecule has 0 spiro atoms. The molecule has 44 heavy (non-hydrogen) atoms. The number of rotatable bonds is 16. The molecule has 0 aromatic heterocycles. The van der Waals surface area contributed by atoms with Crippen LogP contribution in [0, 0.1) is 5.92 Å². The number of benzene rings is 1. The van der Waals surface area contributed by atoms with Crippen LogP contribution < -0.4 is 26.6 Å². The molecule has 2 rings (SSSR count). The molecule has 5 amide bonds. The summed E-state index contributed by atoms with van der Waals surface area (Å²) in [6.07, 6.45) is 9.39. The number of amides is 5. The summed E-state index contributed by atoms with van der Waals surface area (Å²) in [6, 6.07) is 7.26. The highest BCUT2D eigenvalue weighted by Gasteiger charge is 2.31. The summed E-state index contributed by atoms with van der Waals surface area (Å²) < 4.78 is 5.21. The summed E-state index contributed by atoms with van der Waals surface area (Å²) in [5, 5.41) is 13.8. The van der Waals surface area contributed by atoms with Crippen LogP contribution in [-0.2, 0) is 30.5 Å². The van der Waals surface area contributed by atoms with Crippen molar-refractivity contribution in [2.45, 2.75) is 123 Å². The molecule has 0 radical (unpaired) electrons. The maximum atomic E-state index is 13.3. The van der Waals surface area contributed by atoms with Crippen LogP contribution in [0.5, 0.6) is 0 Å². The normalized spacial score (nSPS) is 19.9. The summed E-state index contributed by atoms with van der Waals surface area (Å²) >= 11 is 0. The molecule has 11 heteroatoms. The van der Waals surface area contributed by atoms with Gasteiger partial charge in [-0.1, -0.05) is 96.0 Å². The van der Waals surface area contributed by atoms with E-state index >= 15 is 0 Å². The summed E-state index contributed by atoms with van der Waals surface area (Å²) in [4.78, 5) is 63.9. The van der Waals surface area contributed by atoms with Crippen LogP contribution in [0.15, 0.2) is 30.3 Å². The number of hydrogen-bond donors (Lipinski definition) is 5. The Morgan fingerprint density at radius 1 is 0.841 bits per heavy atom. The molecule has 1 aliphatic rings. The third kappa shape index (κ3) is 15.2. The second-order valence-electron chi connectivity index (χ2n) is 11.9. The molecule has 11 nitrogen and oxygen atoms in total. The zero-order valence-electron chi connectivity index (χ0n) is 26.8. The fourth-order valence-corrected chi connectivity index (χ4v) is 5.08. The fourth-order valence-electron chi connectivity index (χ4n) is 5.08. The van der Waals surface area contributed by atoms with Gasteiger partial charge in [0.05, 0.1) is 6.54 Å². The molecular formula is C33H53N5O6. The van der Waals surface area contributed by atoms with E-state index in [1.165, 1.54) is 25.7 Å². The number of ether oxygens (including phenoxy) is 1. The first-order valence-corrected chi connectivity index (χ1v) is 16.3. The molecular weight excluding hydrogens is 562 g/mol. The molecule has 0 saturated carbocycles. The van der Waals surface area contributed by atoms with E-state index < -0.39 is 30.0 Å². The van der Waals surface area contributed by atoms with Gasteiger partial charge in [-0.2, -0.15) is 0 Å². The van der Waals surface area contributed by atoms with E-state index in [1.807, 2.05) is 44.2 Å². The second-order valence-corrected chi connectivity index (χ2v) is 11.9. The van der Waals surface area contributed by atoms with Crippen molar-refractivity contribution in [3.63, 3.8) is 0 Å². The molecule has 1 heterocycles. The lowest BCUT2D eigenvalue weighted by molar-refractivity contribution is -0.133. The average Bonchev–Trinajstić information content (AvgIpc) is 3.00. The molecule has 5 N–H and O–H groups in total. The summed E-state index contributed by atoms with van der Waals surface area (Å²) in [6.45, 7) is 6.12. The minimum atomic E-state index is -0.900. The predicted octanol–water partition coefficient (Wildman–Crippen LogP) is 3.85. The third-order valence-electron chi connectivity index (χ3n) is 7.68. The van der Waals surface area contributed by atoms with Crippen LogP contribution in [0.25, 0.3) is 0 Å². The maximum absolute atomic E-state index is 13.3. The second kappa shape index (κ2) is 21.1. The highest BCUT2D eigenvalue weighted by Crippen LogP contribution is 2.13. The molecule has 0 unspecified atom stereocenters. The highest BCUT2D eigenvalue weighted by molar-refractivity contribution is 5.94. The molecule has 1 aromatic rings. The molecule has 0 bridgehead atoms. The Labute approximate surface area is 262 Å². The molecule has 1 fully saturated rings. The monoisotopic (exact) mass is 615 g/mol. The van der Waals surface area contributed by atoms with E-state index in [-0.39, 0.29) is 43.3 Å². The maximum Gasteiger partial charge on any atom is 0.407 e. The summed E-state index contributed by atoms with van der Waals surface area (Å²) in [5.41, 5.74) is 0.885. The number of unbranched alkanes of at least 4 members (excludes halogenated alkanes) is 7. The van der Waals surface area contributed by atoms with Crippen LogP contribution in [0.2, 0.25) is 0 Å². The lowest BCUT2D eigenvalue weighted by atomic mass is 9.99. The fraction of sp³-hybridized carbons (Fsp3) is 0.667. The lowest BCUT2D eigenvalue weighted by Gasteiger charge is -2.27. The Balaban J connectivity index is 1.91. The number of carbonyl (C=O) groups excluding carboxylic acids is 5. The van der Waals surface area contributed by atoms with Gasteiger partial charge in [0.1, 0.15) is 18.7 Å². The lowest BCUT2D eigenvalue weighted by Crippen LogP contribution is -2.56. The molecule has 3 atom stereocenters. The van der Waals surface area contributed by atoms with Gasteiger partial charge in [0, 0.05) is 19.0 Å². The number of alkyl carbamates (subject to hydrolysis) is 1. The van der Waals surface area contributed by atoms with Crippen molar-refractivity contribution in [1.82, 2.24) is 26.6 Å². The number of nitrogens with one attached hydrogen (secondary N) is 5. The summed E-state index contributed by atoms with van der Waals surface area (Å²) in [5.74, 6) is -1.81. The largest absolute Gasteiger partial charge is 0.445 e. The average molecular weight is 616 g/mol. The number of hydrogen-bond acceptors (Lipinski definition) is 6. The molecule has 0 aliphatic carbocycles. The van der Waals surface area contributed by atoms with E-state index in [9.17, 15) is 24.0 Å². The van der Waals surface area contributed by atoms with Gasteiger partial charge in [-0.25, -0.2) is 4.79 Å². The Morgan fingerprint density at radius 2 is 1.52 bits per heavy atom.